The zero-order valence-electron chi connectivity index (χ0n) is 10.0. The Balaban J connectivity index is 2.12. The van der Waals surface area contributed by atoms with E-state index >= 15 is 0 Å². The molecule has 0 aliphatic carbocycles. The smallest absolute Gasteiger partial charge is 0.273 e. The van der Waals surface area contributed by atoms with E-state index in [0.29, 0.717) is 12.2 Å². The number of nitrogens with zero attached hydrogens (tertiary/aromatic N) is 4. The highest BCUT2D eigenvalue weighted by Gasteiger charge is 2.21. The summed E-state index contributed by atoms with van der Waals surface area (Å²) in [6, 6.07) is 0. The van der Waals surface area contributed by atoms with Crippen molar-refractivity contribution in [1.82, 2.24) is 25.2 Å². The molecule has 1 amide bonds. The number of hydrogen-bond acceptors (Lipinski definition) is 4. The summed E-state index contributed by atoms with van der Waals surface area (Å²) in [7, 11) is 0. The van der Waals surface area contributed by atoms with E-state index in [0.717, 1.165) is 31.8 Å². The van der Waals surface area contributed by atoms with Gasteiger partial charge in [0, 0.05) is 26.2 Å². The Hall–Kier alpha value is -1.69. The van der Waals surface area contributed by atoms with Crippen LogP contribution in [-0.2, 0) is 6.54 Å². The van der Waals surface area contributed by atoms with Gasteiger partial charge >= 0.3 is 0 Å². The minimum absolute atomic E-state index is 0.00208. The predicted octanol–water partition coefficient (Wildman–Crippen LogP) is -0.100. The summed E-state index contributed by atoms with van der Waals surface area (Å²) in [6.07, 6.45) is 1.52. The first kappa shape index (κ1) is 11.8. The number of aromatic nitrogens is 3. The van der Waals surface area contributed by atoms with Crippen LogP contribution >= 0.6 is 0 Å². The molecule has 1 saturated heterocycles. The van der Waals surface area contributed by atoms with E-state index in [4.69, 9.17) is 0 Å². The zero-order valence-corrected chi connectivity index (χ0v) is 10.0. The monoisotopic (exact) mass is 235 g/mol. The topological polar surface area (TPSA) is 63.1 Å². The number of hydrogen-bond donors (Lipinski definition) is 1. The molecule has 1 fully saturated rings. The number of piperazine rings is 1. The first-order chi connectivity index (χ1) is 8.18. The van der Waals surface area contributed by atoms with E-state index in [-0.39, 0.29) is 5.91 Å². The fourth-order valence-corrected chi connectivity index (χ4v) is 1.83. The van der Waals surface area contributed by atoms with Crippen LogP contribution in [0.2, 0.25) is 0 Å². The second-order valence-electron chi connectivity index (χ2n) is 4.28. The van der Waals surface area contributed by atoms with Gasteiger partial charge in [0.1, 0.15) is 5.69 Å². The van der Waals surface area contributed by atoms with Crippen LogP contribution in [-0.4, -0.2) is 52.0 Å². The molecular formula is C11H17N5O. The maximum atomic E-state index is 12.2. The van der Waals surface area contributed by atoms with Gasteiger partial charge in [0.25, 0.3) is 5.91 Å². The van der Waals surface area contributed by atoms with Crippen LogP contribution < -0.4 is 5.32 Å². The first-order valence-electron chi connectivity index (χ1n) is 5.71. The molecule has 1 aromatic heterocycles. The largest absolute Gasteiger partial charge is 0.335 e. The van der Waals surface area contributed by atoms with E-state index in [1.54, 1.807) is 4.68 Å². The van der Waals surface area contributed by atoms with Crippen LogP contribution in [0.25, 0.3) is 0 Å². The summed E-state index contributed by atoms with van der Waals surface area (Å²) < 4.78 is 1.60. The molecule has 17 heavy (non-hydrogen) atoms. The number of allylic oxidation sites excluding steroid dienone is 1. The zero-order chi connectivity index (χ0) is 12.3. The second-order valence-corrected chi connectivity index (χ2v) is 4.28. The van der Waals surface area contributed by atoms with Gasteiger partial charge in [-0.3, -0.25) is 4.79 Å². The van der Waals surface area contributed by atoms with Crippen molar-refractivity contribution in [3.8, 4) is 0 Å². The summed E-state index contributed by atoms with van der Waals surface area (Å²) in [6.45, 7) is 9.41. The van der Waals surface area contributed by atoms with Crippen molar-refractivity contribution >= 4 is 5.91 Å². The fraction of sp³-hybridized carbons (Fsp3) is 0.545. The van der Waals surface area contributed by atoms with E-state index in [1.807, 2.05) is 11.8 Å². The van der Waals surface area contributed by atoms with Crippen LogP contribution in [0.5, 0.6) is 0 Å². The number of rotatable bonds is 3. The Morgan fingerprint density at radius 1 is 1.53 bits per heavy atom. The lowest BCUT2D eigenvalue weighted by atomic mass is 10.3. The minimum atomic E-state index is -0.00208. The summed E-state index contributed by atoms with van der Waals surface area (Å²) in [5.41, 5.74) is 1.49. The molecule has 2 heterocycles. The predicted molar refractivity (Wildman–Crippen MR) is 63.6 cm³/mol. The lowest BCUT2D eigenvalue weighted by Crippen LogP contribution is -2.46. The molecule has 0 unspecified atom stereocenters. The van der Waals surface area contributed by atoms with Crippen molar-refractivity contribution in [2.75, 3.05) is 26.2 Å². The molecule has 0 atom stereocenters. The van der Waals surface area contributed by atoms with Crippen LogP contribution in [0.1, 0.15) is 17.4 Å². The van der Waals surface area contributed by atoms with Crippen molar-refractivity contribution < 1.29 is 4.79 Å². The molecule has 0 bridgehead atoms. The SMILES string of the molecule is C=C(C)Cn1nncc1C(=O)N1CCNCC1. The third-order valence-electron chi connectivity index (χ3n) is 2.66. The maximum Gasteiger partial charge on any atom is 0.273 e. The molecular weight excluding hydrogens is 218 g/mol. The van der Waals surface area contributed by atoms with E-state index < -0.39 is 0 Å². The molecule has 1 N–H and O–H groups in total. The number of carbonyl (C=O) groups excluding carboxylic acids is 1. The van der Waals surface area contributed by atoms with Gasteiger partial charge in [0.05, 0.1) is 12.7 Å². The standard InChI is InChI=1S/C11H17N5O/c1-9(2)8-16-10(7-13-14-16)11(17)15-5-3-12-4-6-15/h7,12H,1,3-6,8H2,2H3. The summed E-state index contributed by atoms with van der Waals surface area (Å²) >= 11 is 0. The molecule has 0 saturated carbocycles. The van der Waals surface area contributed by atoms with Crippen molar-refractivity contribution in [1.29, 1.82) is 0 Å². The first-order valence-corrected chi connectivity index (χ1v) is 5.71. The lowest BCUT2D eigenvalue weighted by Gasteiger charge is -2.27. The van der Waals surface area contributed by atoms with E-state index in [9.17, 15) is 4.79 Å². The summed E-state index contributed by atoms with van der Waals surface area (Å²) in [5.74, 6) is -0.00208. The fourth-order valence-electron chi connectivity index (χ4n) is 1.83. The molecule has 0 spiro atoms. The number of amides is 1. The Kier molecular flexibility index (Phi) is 3.53. The third-order valence-corrected chi connectivity index (χ3v) is 2.66. The highest BCUT2D eigenvalue weighted by atomic mass is 16.2. The molecule has 1 aliphatic rings. The van der Waals surface area contributed by atoms with Gasteiger partial charge in [-0.2, -0.15) is 0 Å². The maximum absolute atomic E-state index is 12.2. The highest BCUT2D eigenvalue weighted by molar-refractivity contribution is 5.92. The molecule has 1 aromatic rings. The minimum Gasteiger partial charge on any atom is -0.335 e. The average Bonchev–Trinajstić information content (AvgIpc) is 2.76. The molecule has 6 heteroatoms. The van der Waals surface area contributed by atoms with Gasteiger partial charge < -0.3 is 10.2 Å². The van der Waals surface area contributed by atoms with E-state index in [2.05, 4.69) is 22.2 Å². The van der Waals surface area contributed by atoms with Gasteiger partial charge in [0.2, 0.25) is 0 Å². The van der Waals surface area contributed by atoms with Crippen molar-refractivity contribution in [2.45, 2.75) is 13.5 Å². The molecule has 0 radical (unpaired) electrons. The molecule has 6 nitrogen and oxygen atoms in total. The highest BCUT2D eigenvalue weighted by Crippen LogP contribution is 2.06. The quantitative estimate of drug-likeness (QED) is 0.743. The van der Waals surface area contributed by atoms with Crippen molar-refractivity contribution in [3.63, 3.8) is 0 Å². The second kappa shape index (κ2) is 5.09. The third kappa shape index (κ3) is 2.71. The van der Waals surface area contributed by atoms with Gasteiger partial charge in [-0.25, -0.2) is 4.68 Å². The van der Waals surface area contributed by atoms with Crippen LogP contribution in [0.3, 0.4) is 0 Å². The Morgan fingerprint density at radius 2 is 2.24 bits per heavy atom. The Bertz CT molecular complexity index is 419. The van der Waals surface area contributed by atoms with Crippen LogP contribution in [0.4, 0.5) is 0 Å². The van der Waals surface area contributed by atoms with Gasteiger partial charge in [0.15, 0.2) is 0 Å². The summed E-state index contributed by atoms with van der Waals surface area (Å²) in [4.78, 5) is 14.1. The normalized spacial score (nSPS) is 15.9. The molecule has 92 valence electrons. The lowest BCUT2D eigenvalue weighted by molar-refractivity contribution is 0.0723. The number of nitrogens with one attached hydrogen (secondary N) is 1. The van der Waals surface area contributed by atoms with Gasteiger partial charge in [-0.15, -0.1) is 5.10 Å². The molecule has 1 aliphatic heterocycles. The van der Waals surface area contributed by atoms with Gasteiger partial charge in [-0.1, -0.05) is 17.4 Å². The molecule has 0 aromatic carbocycles. The summed E-state index contributed by atoms with van der Waals surface area (Å²) in [5, 5.41) is 10.9. The average molecular weight is 235 g/mol. The van der Waals surface area contributed by atoms with E-state index in [1.165, 1.54) is 6.20 Å². The Morgan fingerprint density at radius 3 is 2.88 bits per heavy atom. The molecule has 2 rings (SSSR count). The van der Waals surface area contributed by atoms with Crippen molar-refractivity contribution in [2.24, 2.45) is 0 Å². The van der Waals surface area contributed by atoms with Crippen LogP contribution in [0, 0.1) is 0 Å². The number of carbonyl (C=O) groups is 1. The van der Waals surface area contributed by atoms with Gasteiger partial charge in [-0.05, 0) is 6.92 Å². The van der Waals surface area contributed by atoms with Crippen LogP contribution in [0.15, 0.2) is 18.3 Å². The Labute approximate surface area is 100 Å². The van der Waals surface area contributed by atoms with Crippen molar-refractivity contribution in [3.05, 3.63) is 24.0 Å².